The molecule has 4 heteroatoms. The molecule has 13 heavy (non-hydrogen) atoms. The van der Waals surface area contributed by atoms with Crippen LogP contribution in [0.3, 0.4) is 0 Å². The van der Waals surface area contributed by atoms with E-state index in [1.165, 1.54) is 0 Å². The predicted octanol–water partition coefficient (Wildman–Crippen LogP) is 1.31. The molecular weight excluding hydrogens is 164 g/mol. The molecule has 0 aliphatic rings. The predicted molar refractivity (Wildman–Crippen MR) is 52.5 cm³/mol. The summed E-state index contributed by atoms with van der Waals surface area (Å²) in [7, 11) is 0. The maximum Gasteiger partial charge on any atom is 0.0852 e. The fraction of sp³-hybridized carbons (Fsp3) is 0.778. The molecule has 2 unspecified atom stereocenters. The maximum atomic E-state index is 5.76. The minimum absolute atomic E-state index is 0.0988. The Balaban J connectivity index is 2.79. The molecule has 0 aliphatic heterocycles. The fourth-order valence-electron chi connectivity index (χ4n) is 0.995. The molecule has 0 aromatic carbocycles. The zero-order valence-corrected chi connectivity index (χ0v) is 8.73. The Kier molecular flexibility index (Phi) is 3.03. The van der Waals surface area contributed by atoms with Crippen molar-refractivity contribution >= 4 is 0 Å². The smallest absolute Gasteiger partial charge is 0.0852 e. The Labute approximate surface area is 79.1 Å². The van der Waals surface area contributed by atoms with E-state index in [1.54, 1.807) is 0 Å². The normalized spacial score (nSPS) is 16.2. The van der Waals surface area contributed by atoms with Crippen molar-refractivity contribution in [2.75, 3.05) is 0 Å². The number of aromatic nitrogens is 3. The molecule has 0 fully saturated rings. The summed E-state index contributed by atoms with van der Waals surface area (Å²) in [6.45, 7) is 8.22. The second-order valence-electron chi connectivity index (χ2n) is 3.88. The molecule has 1 heterocycles. The summed E-state index contributed by atoms with van der Waals surface area (Å²) in [4.78, 5) is 0. The number of nitrogens with two attached hydrogens (primary N) is 1. The minimum Gasteiger partial charge on any atom is -0.326 e. The van der Waals surface area contributed by atoms with Crippen molar-refractivity contribution < 1.29 is 0 Å². The van der Waals surface area contributed by atoms with Gasteiger partial charge in [0.1, 0.15) is 0 Å². The number of hydrogen-bond donors (Lipinski definition) is 1. The molecule has 74 valence electrons. The lowest BCUT2D eigenvalue weighted by Gasteiger charge is -2.14. The highest BCUT2D eigenvalue weighted by Gasteiger charge is 2.12. The average molecular weight is 182 g/mol. The Hall–Kier alpha value is -0.900. The van der Waals surface area contributed by atoms with Crippen molar-refractivity contribution in [3.05, 3.63) is 11.9 Å². The summed E-state index contributed by atoms with van der Waals surface area (Å²) in [6, 6.07) is 0.307. The van der Waals surface area contributed by atoms with Gasteiger partial charge in [-0.2, -0.15) is 0 Å². The zero-order chi connectivity index (χ0) is 10.0. The van der Waals surface area contributed by atoms with E-state index in [1.807, 2.05) is 24.7 Å². The molecule has 4 nitrogen and oxygen atoms in total. The highest BCUT2D eigenvalue weighted by atomic mass is 15.4. The van der Waals surface area contributed by atoms with Gasteiger partial charge in [-0.15, -0.1) is 5.10 Å². The SMILES string of the molecule is CC(C)c1cn(C(C)C(C)N)nn1. The van der Waals surface area contributed by atoms with Gasteiger partial charge in [-0.25, -0.2) is 4.68 Å². The van der Waals surface area contributed by atoms with Gasteiger partial charge in [-0.1, -0.05) is 19.1 Å². The van der Waals surface area contributed by atoms with Crippen LogP contribution in [0.25, 0.3) is 0 Å². The van der Waals surface area contributed by atoms with Crippen LogP contribution in [-0.2, 0) is 0 Å². The largest absolute Gasteiger partial charge is 0.326 e. The van der Waals surface area contributed by atoms with Crippen LogP contribution in [0.5, 0.6) is 0 Å². The van der Waals surface area contributed by atoms with Crippen LogP contribution in [0.15, 0.2) is 6.20 Å². The second-order valence-corrected chi connectivity index (χ2v) is 3.88. The van der Waals surface area contributed by atoms with Gasteiger partial charge in [0.2, 0.25) is 0 Å². The average Bonchev–Trinajstić information content (AvgIpc) is 2.50. The molecule has 0 spiro atoms. The van der Waals surface area contributed by atoms with Gasteiger partial charge in [0, 0.05) is 12.2 Å². The van der Waals surface area contributed by atoms with Gasteiger partial charge in [0.05, 0.1) is 11.7 Å². The lowest BCUT2D eigenvalue weighted by atomic mass is 10.1. The van der Waals surface area contributed by atoms with Gasteiger partial charge in [-0.3, -0.25) is 0 Å². The van der Waals surface area contributed by atoms with Gasteiger partial charge in [0.25, 0.3) is 0 Å². The summed E-state index contributed by atoms with van der Waals surface area (Å²) in [5.74, 6) is 0.425. The van der Waals surface area contributed by atoms with Crippen LogP contribution in [-0.4, -0.2) is 21.0 Å². The highest BCUT2D eigenvalue weighted by molar-refractivity contribution is 4.99. The van der Waals surface area contributed by atoms with Crippen LogP contribution in [0.2, 0.25) is 0 Å². The molecule has 0 aliphatic carbocycles. The molecule has 2 N–H and O–H groups in total. The molecule has 2 atom stereocenters. The van der Waals surface area contributed by atoms with Gasteiger partial charge < -0.3 is 5.73 Å². The maximum absolute atomic E-state index is 5.76. The zero-order valence-electron chi connectivity index (χ0n) is 8.73. The van der Waals surface area contributed by atoms with Gasteiger partial charge in [0.15, 0.2) is 0 Å². The summed E-state index contributed by atoms with van der Waals surface area (Å²) in [5, 5.41) is 8.12. The molecule has 0 radical (unpaired) electrons. The quantitative estimate of drug-likeness (QED) is 0.766. The summed E-state index contributed by atoms with van der Waals surface area (Å²) < 4.78 is 1.83. The van der Waals surface area contributed by atoms with Crippen LogP contribution < -0.4 is 5.73 Å². The van der Waals surface area contributed by atoms with Crippen molar-refractivity contribution in [2.24, 2.45) is 5.73 Å². The standard InChI is InChI=1S/C9H18N4/c1-6(2)9-5-13(12-11-9)8(4)7(3)10/h5-8H,10H2,1-4H3. The van der Waals surface area contributed by atoms with Crippen molar-refractivity contribution in [1.29, 1.82) is 0 Å². The van der Waals surface area contributed by atoms with Gasteiger partial charge >= 0.3 is 0 Å². The van der Waals surface area contributed by atoms with Crippen molar-refractivity contribution in [1.82, 2.24) is 15.0 Å². The first-order chi connectivity index (χ1) is 6.02. The molecule has 0 bridgehead atoms. The van der Waals surface area contributed by atoms with E-state index in [-0.39, 0.29) is 12.1 Å². The Bertz CT molecular complexity index is 264. The molecule has 0 saturated carbocycles. The third kappa shape index (κ3) is 2.28. The Morgan fingerprint density at radius 2 is 1.92 bits per heavy atom. The summed E-state index contributed by atoms with van der Waals surface area (Å²) >= 11 is 0. The third-order valence-electron chi connectivity index (χ3n) is 2.30. The molecular formula is C9H18N4. The topological polar surface area (TPSA) is 56.7 Å². The van der Waals surface area contributed by atoms with Crippen LogP contribution in [0.4, 0.5) is 0 Å². The van der Waals surface area contributed by atoms with E-state index in [2.05, 4.69) is 24.2 Å². The van der Waals surface area contributed by atoms with E-state index < -0.39 is 0 Å². The van der Waals surface area contributed by atoms with Crippen molar-refractivity contribution in [3.8, 4) is 0 Å². The Morgan fingerprint density at radius 1 is 1.31 bits per heavy atom. The van der Waals surface area contributed by atoms with E-state index in [0.717, 1.165) is 5.69 Å². The Morgan fingerprint density at radius 3 is 2.31 bits per heavy atom. The van der Waals surface area contributed by atoms with Crippen molar-refractivity contribution in [3.63, 3.8) is 0 Å². The lowest BCUT2D eigenvalue weighted by molar-refractivity contribution is 0.415. The number of hydrogen-bond acceptors (Lipinski definition) is 3. The molecule has 1 rings (SSSR count). The third-order valence-corrected chi connectivity index (χ3v) is 2.30. The lowest BCUT2D eigenvalue weighted by Crippen LogP contribution is -2.27. The van der Waals surface area contributed by atoms with E-state index in [4.69, 9.17) is 5.73 Å². The summed E-state index contributed by atoms with van der Waals surface area (Å²) in [5.41, 5.74) is 6.79. The van der Waals surface area contributed by atoms with E-state index in [0.29, 0.717) is 5.92 Å². The van der Waals surface area contributed by atoms with E-state index >= 15 is 0 Å². The van der Waals surface area contributed by atoms with Crippen LogP contribution >= 0.6 is 0 Å². The second kappa shape index (κ2) is 3.87. The molecule has 1 aromatic heterocycles. The van der Waals surface area contributed by atoms with Crippen LogP contribution in [0, 0.1) is 0 Å². The minimum atomic E-state index is 0.0988. The monoisotopic (exact) mass is 182 g/mol. The summed E-state index contributed by atoms with van der Waals surface area (Å²) in [6.07, 6.45) is 1.97. The van der Waals surface area contributed by atoms with Crippen molar-refractivity contribution in [2.45, 2.75) is 45.7 Å². The first kappa shape index (κ1) is 10.2. The van der Waals surface area contributed by atoms with E-state index in [9.17, 15) is 0 Å². The first-order valence-electron chi connectivity index (χ1n) is 4.69. The molecule has 0 saturated heterocycles. The first-order valence-corrected chi connectivity index (χ1v) is 4.69. The molecule has 0 amide bonds. The number of rotatable bonds is 3. The highest BCUT2D eigenvalue weighted by Crippen LogP contribution is 2.13. The van der Waals surface area contributed by atoms with Gasteiger partial charge in [-0.05, 0) is 19.8 Å². The molecule has 1 aromatic rings. The number of nitrogens with zero attached hydrogens (tertiary/aromatic N) is 3. The fourth-order valence-corrected chi connectivity index (χ4v) is 0.995. The van der Waals surface area contributed by atoms with Crippen LogP contribution in [0.1, 0.15) is 45.3 Å².